The van der Waals surface area contributed by atoms with Crippen molar-refractivity contribution >= 4 is 28.3 Å². The molecule has 1 aromatic rings. The Morgan fingerprint density at radius 2 is 2.53 bits per heavy atom. The van der Waals surface area contributed by atoms with Gasteiger partial charge >= 0.3 is 0 Å². The first-order valence-corrected chi connectivity index (χ1v) is 6.83. The third kappa shape index (κ3) is 2.60. The number of hydrazine groups is 1. The van der Waals surface area contributed by atoms with Crippen LogP contribution >= 0.6 is 23.3 Å². The van der Waals surface area contributed by atoms with Gasteiger partial charge in [0, 0.05) is 42.2 Å². The zero-order valence-electron chi connectivity index (χ0n) is 8.64. The minimum absolute atomic E-state index is 0.607. The monoisotopic (exact) mass is 245 g/mol. The van der Waals surface area contributed by atoms with Gasteiger partial charge in [-0.1, -0.05) is 4.49 Å². The van der Waals surface area contributed by atoms with Crippen molar-refractivity contribution in [3.8, 4) is 0 Å². The maximum absolute atomic E-state index is 5.39. The summed E-state index contributed by atoms with van der Waals surface area (Å²) >= 11 is 3.32. The molecule has 15 heavy (non-hydrogen) atoms. The first-order valence-electron chi connectivity index (χ1n) is 4.91. The van der Waals surface area contributed by atoms with E-state index in [1.54, 1.807) is 0 Å². The highest BCUT2D eigenvalue weighted by atomic mass is 32.2. The summed E-state index contributed by atoms with van der Waals surface area (Å²) in [5.41, 5.74) is 3.60. The summed E-state index contributed by atoms with van der Waals surface area (Å²) in [5, 5.41) is 4.97. The normalized spacial score (nSPS) is 22.9. The van der Waals surface area contributed by atoms with Gasteiger partial charge in [-0.25, -0.2) is 5.84 Å². The van der Waals surface area contributed by atoms with E-state index in [2.05, 4.69) is 26.8 Å². The molecule has 7 heteroatoms. The van der Waals surface area contributed by atoms with Crippen LogP contribution in [0.25, 0.3) is 0 Å². The van der Waals surface area contributed by atoms with E-state index in [1.165, 1.54) is 23.0 Å². The first kappa shape index (κ1) is 11.1. The van der Waals surface area contributed by atoms with Gasteiger partial charge in [0.25, 0.3) is 0 Å². The second-order valence-electron chi connectivity index (χ2n) is 3.59. The Morgan fingerprint density at radius 1 is 1.67 bits per heavy atom. The standard InChI is InChI=1S/C8H15N5S2/c1-6-5-14-3-2-13(6)4-7-8(10-9)15-12-11-7/h6,10H,2-5,9H2,1H3. The summed E-state index contributed by atoms with van der Waals surface area (Å²) in [5.74, 6) is 7.79. The number of nitrogens with two attached hydrogens (primary N) is 1. The van der Waals surface area contributed by atoms with Gasteiger partial charge in [0.1, 0.15) is 10.7 Å². The van der Waals surface area contributed by atoms with Gasteiger partial charge in [0.15, 0.2) is 0 Å². The number of anilines is 1. The van der Waals surface area contributed by atoms with Crippen LogP contribution in [0.5, 0.6) is 0 Å². The van der Waals surface area contributed by atoms with Crippen molar-refractivity contribution in [2.45, 2.75) is 19.5 Å². The topological polar surface area (TPSA) is 67.1 Å². The van der Waals surface area contributed by atoms with Gasteiger partial charge in [-0.15, -0.1) is 5.10 Å². The lowest BCUT2D eigenvalue weighted by atomic mass is 10.3. The van der Waals surface area contributed by atoms with Crippen molar-refractivity contribution in [2.24, 2.45) is 5.84 Å². The molecule has 0 aliphatic carbocycles. The number of hydrogen-bond acceptors (Lipinski definition) is 7. The van der Waals surface area contributed by atoms with Crippen LogP contribution in [0.2, 0.25) is 0 Å². The van der Waals surface area contributed by atoms with Gasteiger partial charge in [0.05, 0.1) is 0 Å². The zero-order valence-corrected chi connectivity index (χ0v) is 10.3. The van der Waals surface area contributed by atoms with Gasteiger partial charge in [-0.3, -0.25) is 4.90 Å². The summed E-state index contributed by atoms with van der Waals surface area (Å²) < 4.78 is 3.90. The molecule has 0 radical (unpaired) electrons. The molecule has 1 aliphatic heterocycles. The average molecular weight is 245 g/mol. The molecule has 84 valence electrons. The largest absolute Gasteiger partial charge is 0.313 e. The minimum Gasteiger partial charge on any atom is -0.313 e. The fourth-order valence-corrected chi connectivity index (χ4v) is 3.18. The van der Waals surface area contributed by atoms with E-state index < -0.39 is 0 Å². The molecular weight excluding hydrogens is 230 g/mol. The molecule has 1 atom stereocenters. The molecule has 2 heterocycles. The summed E-state index contributed by atoms with van der Waals surface area (Å²) in [6, 6.07) is 0.607. The van der Waals surface area contributed by atoms with Crippen molar-refractivity contribution in [3.05, 3.63) is 5.69 Å². The van der Waals surface area contributed by atoms with Crippen LogP contribution in [-0.2, 0) is 6.54 Å². The summed E-state index contributed by atoms with van der Waals surface area (Å²) in [4.78, 5) is 2.42. The van der Waals surface area contributed by atoms with Crippen molar-refractivity contribution in [1.29, 1.82) is 0 Å². The van der Waals surface area contributed by atoms with Crippen LogP contribution in [0.3, 0.4) is 0 Å². The highest BCUT2D eigenvalue weighted by Gasteiger charge is 2.20. The van der Waals surface area contributed by atoms with Crippen LogP contribution < -0.4 is 11.3 Å². The maximum atomic E-state index is 5.39. The maximum Gasteiger partial charge on any atom is 0.148 e. The Hall–Kier alpha value is -0.370. The minimum atomic E-state index is 0.607. The van der Waals surface area contributed by atoms with Crippen LogP contribution in [0.15, 0.2) is 0 Å². The van der Waals surface area contributed by atoms with Crippen LogP contribution in [-0.4, -0.2) is 38.6 Å². The highest BCUT2D eigenvalue weighted by molar-refractivity contribution is 7.99. The van der Waals surface area contributed by atoms with Crippen LogP contribution in [0.1, 0.15) is 12.6 Å². The lowest BCUT2D eigenvalue weighted by Crippen LogP contribution is -2.39. The molecule has 1 unspecified atom stereocenters. The van der Waals surface area contributed by atoms with Gasteiger partial charge in [0.2, 0.25) is 0 Å². The molecule has 0 amide bonds. The molecule has 0 spiro atoms. The van der Waals surface area contributed by atoms with Gasteiger partial charge in [-0.2, -0.15) is 11.8 Å². The molecule has 5 nitrogen and oxygen atoms in total. The third-order valence-corrected chi connectivity index (χ3v) is 4.43. The van der Waals surface area contributed by atoms with Crippen LogP contribution in [0, 0.1) is 0 Å². The zero-order chi connectivity index (χ0) is 10.7. The van der Waals surface area contributed by atoms with E-state index in [0.29, 0.717) is 6.04 Å². The summed E-state index contributed by atoms with van der Waals surface area (Å²) in [7, 11) is 0. The predicted octanol–water partition coefficient (Wildman–Crippen LogP) is 0.761. The molecule has 2 rings (SSSR count). The van der Waals surface area contributed by atoms with E-state index in [0.717, 1.165) is 23.8 Å². The third-order valence-electron chi connectivity index (χ3n) is 2.54. The lowest BCUT2D eigenvalue weighted by molar-refractivity contribution is 0.221. The summed E-state index contributed by atoms with van der Waals surface area (Å²) in [6.45, 7) is 4.21. The van der Waals surface area contributed by atoms with Crippen molar-refractivity contribution in [1.82, 2.24) is 14.5 Å². The Bertz CT molecular complexity index is 316. The Kier molecular flexibility index (Phi) is 3.79. The molecule has 1 aliphatic rings. The number of nitrogens with zero attached hydrogens (tertiary/aromatic N) is 3. The van der Waals surface area contributed by atoms with E-state index in [9.17, 15) is 0 Å². The SMILES string of the molecule is CC1CSCCN1Cc1nnsc1NN. The molecular formula is C8H15N5S2. The second kappa shape index (κ2) is 5.11. The molecule has 0 saturated carbocycles. The van der Waals surface area contributed by atoms with E-state index >= 15 is 0 Å². The first-order chi connectivity index (χ1) is 7.31. The van der Waals surface area contributed by atoms with Gasteiger partial charge < -0.3 is 5.43 Å². The van der Waals surface area contributed by atoms with Crippen molar-refractivity contribution in [2.75, 3.05) is 23.5 Å². The van der Waals surface area contributed by atoms with Crippen molar-refractivity contribution < 1.29 is 0 Å². The fourth-order valence-electron chi connectivity index (χ4n) is 1.61. The highest BCUT2D eigenvalue weighted by Crippen LogP contribution is 2.22. The Labute approximate surface area is 97.5 Å². The van der Waals surface area contributed by atoms with Gasteiger partial charge in [-0.05, 0) is 6.92 Å². The molecule has 3 N–H and O–H groups in total. The Morgan fingerprint density at radius 3 is 3.27 bits per heavy atom. The smallest absolute Gasteiger partial charge is 0.148 e. The van der Waals surface area contributed by atoms with Crippen molar-refractivity contribution in [3.63, 3.8) is 0 Å². The number of aromatic nitrogens is 2. The fraction of sp³-hybridized carbons (Fsp3) is 0.750. The molecule has 0 bridgehead atoms. The number of nitrogen functional groups attached to an aromatic ring is 1. The van der Waals surface area contributed by atoms with E-state index in [4.69, 9.17) is 5.84 Å². The Balaban J connectivity index is 2.01. The number of hydrogen-bond donors (Lipinski definition) is 2. The quantitative estimate of drug-likeness (QED) is 0.605. The number of thioether (sulfide) groups is 1. The molecule has 1 saturated heterocycles. The second-order valence-corrected chi connectivity index (χ2v) is 5.49. The molecule has 0 aromatic carbocycles. The molecule has 1 fully saturated rings. The van der Waals surface area contributed by atoms with E-state index in [1.807, 2.05) is 11.8 Å². The number of nitrogens with one attached hydrogen (secondary N) is 1. The number of rotatable bonds is 3. The summed E-state index contributed by atoms with van der Waals surface area (Å²) in [6.07, 6.45) is 0. The van der Waals surface area contributed by atoms with Crippen LogP contribution in [0.4, 0.5) is 5.00 Å². The predicted molar refractivity (Wildman–Crippen MR) is 64.9 cm³/mol. The lowest BCUT2D eigenvalue weighted by Gasteiger charge is -2.32. The molecule has 1 aromatic heterocycles. The average Bonchev–Trinajstić information content (AvgIpc) is 2.69. The van der Waals surface area contributed by atoms with E-state index in [-0.39, 0.29) is 0 Å².